The highest BCUT2D eigenvalue weighted by Gasteiger charge is 2.20. The number of benzene rings is 1. The minimum absolute atomic E-state index is 0.128. The third kappa shape index (κ3) is 3.98. The number of hydrogen-bond donors (Lipinski definition) is 1. The lowest BCUT2D eigenvalue weighted by atomic mass is 10.1. The Kier molecular flexibility index (Phi) is 4.81. The summed E-state index contributed by atoms with van der Waals surface area (Å²) in [4.78, 5) is 34.5. The summed E-state index contributed by atoms with van der Waals surface area (Å²) < 4.78 is 4.92. The molecule has 0 atom stereocenters. The smallest absolute Gasteiger partial charge is 0.354 e. The van der Waals surface area contributed by atoms with Crippen molar-refractivity contribution in [2.24, 2.45) is 5.10 Å². The van der Waals surface area contributed by atoms with Crippen molar-refractivity contribution < 1.29 is 19.1 Å². The number of aryl methyl sites for hydroxylation is 1. The maximum absolute atomic E-state index is 11.9. The van der Waals surface area contributed by atoms with E-state index in [1.807, 2.05) is 19.1 Å². The molecular weight excluding hydrogens is 272 g/mol. The largest absolute Gasteiger partial charge is 0.453 e. The summed E-state index contributed by atoms with van der Waals surface area (Å²) in [5, 5.41) is 3.62. The molecule has 1 aromatic carbocycles. The fourth-order valence-corrected chi connectivity index (χ4v) is 1.85. The van der Waals surface area contributed by atoms with Gasteiger partial charge in [-0.2, -0.15) is 5.10 Å². The van der Waals surface area contributed by atoms with E-state index >= 15 is 0 Å². The number of amides is 1. The van der Waals surface area contributed by atoms with Crippen LogP contribution in [-0.4, -0.2) is 30.0 Å². The van der Waals surface area contributed by atoms with E-state index in [0.717, 1.165) is 12.0 Å². The molecule has 0 radical (unpaired) electrons. The standard InChI is InChI=1S/C15H16N2O4/c1-2-10-3-5-11(6-4-10)13(18)9-21-15(20)12-7-8-14(19)17-16-12/h3-6H,2,7-9H2,1H3,(H,17,19). The molecule has 1 N–H and O–H groups in total. The van der Waals surface area contributed by atoms with Gasteiger partial charge in [-0.1, -0.05) is 31.2 Å². The minimum atomic E-state index is -0.673. The number of ketones is 1. The number of esters is 1. The molecule has 1 aliphatic heterocycles. The Labute approximate surface area is 122 Å². The van der Waals surface area contributed by atoms with Crippen LogP contribution in [0.2, 0.25) is 0 Å². The van der Waals surface area contributed by atoms with E-state index in [4.69, 9.17) is 4.74 Å². The van der Waals surface area contributed by atoms with Crippen molar-refractivity contribution in [2.75, 3.05) is 6.61 Å². The predicted molar refractivity (Wildman–Crippen MR) is 75.9 cm³/mol. The SMILES string of the molecule is CCc1ccc(C(=O)COC(=O)C2=NNC(=O)CC2)cc1. The second kappa shape index (κ2) is 6.78. The molecule has 2 rings (SSSR count). The van der Waals surface area contributed by atoms with Gasteiger partial charge in [-0.15, -0.1) is 0 Å². The molecule has 6 heteroatoms. The van der Waals surface area contributed by atoms with Gasteiger partial charge in [0.25, 0.3) is 0 Å². The number of rotatable bonds is 5. The highest BCUT2D eigenvalue weighted by Crippen LogP contribution is 2.07. The van der Waals surface area contributed by atoms with E-state index in [1.54, 1.807) is 12.1 Å². The molecule has 1 aromatic rings. The molecule has 0 bridgehead atoms. The Morgan fingerprint density at radius 1 is 1.24 bits per heavy atom. The Hall–Kier alpha value is -2.50. The zero-order valence-electron chi connectivity index (χ0n) is 11.7. The van der Waals surface area contributed by atoms with E-state index in [1.165, 1.54) is 0 Å². The van der Waals surface area contributed by atoms with Gasteiger partial charge < -0.3 is 4.74 Å². The molecule has 0 saturated heterocycles. The highest BCUT2D eigenvalue weighted by molar-refractivity contribution is 6.37. The summed E-state index contributed by atoms with van der Waals surface area (Å²) >= 11 is 0. The van der Waals surface area contributed by atoms with Crippen LogP contribution in [0.4, 0.5) is 0 Å². The number of ether oxygens (including phenoxy) is 1. The first-order chi connectivity index (χ1) is 10.1. The van der Waals surface area contributed by atoms with Crippen molar-refractivity contribution in [3.8, 4) is 0 Å². The predicted octanol–water partition coefficient (Wildman–Crippen LogP) is 1.24. The molecule has 1 heterocycles. The lowest BCUT2D eigenvalue weighted by molar-refractivity contribution is -0.134. The molecule has 1 aliphatic rings. The van der Waals surface area contributed by atoms with E-state index in [2.05, 4.69) is 10.5 Å². The molecule has 0 unspecified atom stereocenters. The second-order valence-electron chi connectivity index (χ2n) is 4.64. The number of nitrogens with one attached hydrogen (secondary N) is 1. The first kappa shape index (κ1) is 14.9. The number of Topliss-reactive ketones (excluding diaryl/α,β-unsaturated/α-hetero) is 1. The topological polar surface area (TPSA) is 84.8 Å². The van der Waals surface area contributed by atoms with Crippen molar-refractivity contribution in [1.29, 1.82) is 0 Å². The number of carbonyl (C=O) groups excluding carboxylic acids is 3. The Bertz CT molecular complexity index is 590. The Morgan fingerprint density at radius 2 is 1.95 bits per heavy atom. The first-order valence-electron chi connectivity index (χ1n) is 6.75. The Balaban J connectivity index is 1.88. The summed E-state index contributed by atoms with van der Waals surface area (Å²) in [6, 6.07) is 7.17. The van der Waals surface area contributed by atoms with Gasteiger partial charge >= 0.3 is 5.97 Å². The van der Waals surface area contributed by atoms with Crippen LogP contribution in [0.3, 0.4) is 0 Å². The molecule has 0 aliphatic carbocycles. The molecule has 0 aromatic heterocycles. The van der Waals surface area contributed by atoms with Gasteiger partial charge in [0.05, 0.1) is 0 Å². The summed E-state index contributed by atoms with van der Waals surface area (Å²) in [6.45, 7) is 1.69. The summed E-state index contributed by atoms with van der Waals surface area (Å²) in [6.07, 6.45) is 1.32. The lowest BCUT2D eigenvalue weighted by Gasteiger charge is -2.11. The van der Waals surface area contributed by atoms with Gasteiger partial charge in [0.1, 0.15) is 5.71 Å². The normalized spacial score (nSPS) is 14.1. The molecule has 0 saturated carbocycles. The van der Waals surface area contributed by atoms with E-state index in [0.29, 0.717) is 5.56 Å². The fraction of sp³-hybridized carbons (Fsp3) is 0.333. The van der Waals surface area contributed by atoms with Gasteiger partial charge in [0.15, 0.2) is 12.4 Å². The highest BCUT2D eigenvalue weighted by atomic mass is 16.5. The molecule has 110 valence electrons. The van der Waals surface area contributed by atoms with Crippen LogP contribution in [0.25, 0.3) is 0 Å². The van der Waals surface area contributed by atoms with Crippen LogP contribution < -0.4 is 5.43 Å². The van der Waals surface area contributed by atoms with Crippen LogP contribution in [-0.2, 0) is 20.7 Å². The molecule has 21 heavy (non-hydrogen) atoms. The van der Waals surface area contributed by atoms with Crippen molar-refractivity contribution >= 4 is 23.4 Å². The first-order valence-corrected chi connectivity index (χ1v) is 6.75. The fourth-order valence-electron chi connectivity index (χ4n) is 1.85. The third-order valence-electron chi connectivity index (χ3n) is 3.16. The molecule has 0 fully saturated rings. The van der Waals surface area contributed by atoms with E-state index in [-0.39, 0.29) is 36.9 Å². The molecule has 6 nitrogen and oxygen atoms in total. The number of hydrazone groups is 1. The lowest BCUT2D eigenvalue weighted by Crippen LogP contribution is -2.31. The number of nitrogens with zero attached hydrogens (tertiary/aromatic N) is 1. The quantitative estimate of drug-likeness (QED) is 0.652. The van der Waals surface area contributed by atoms with Crippen LogP contribution >= 0.6 is 0 Å². The van der Waals surface area contributed by atoms with Gasteiger partial charge in [0.2, 0.25) is 5.91 Å². The van der Waals surface area contributed by atoms with Crippen molar-refractivity contribution in [3.63, 3.8) is 0 Å². The van der Waals surface area contributed by atoms with Crippen molar-refractivity contribution in [2.45, 2.75) is 26.2 Å². The van der Waals surface area contributed by atoms with Crippen LogP contribution in [0.5, 0.6) is 0 Å². The minimum Gasteiger partial charge on any atom is -0.453 e. The van der Waals surface area contributed by atoms with Crippen molar-refractivity contribution in [1.82, 2.24) is 5.43 Å². The zero-order valence-corrected chi connectivity index (χ0v) is 11.7. The molecular formula is C15H16N2O4. The van der Waals surface area contributed by atoms with Gasteiger partial charge in [-0.3, -0.25) is 9.59 Å². The van der Waals surface area contributed by atoms with Crippen LogP contribution in [0.1, 0.15) is 35.7 Å². The summed E-state index contributed by atoms with van der Waals surface area (Å²) in [5.74, 6) is -1.18. The number of carbonyl (C=O) groups is 3. The average molecular weight is 288 g/mol. The number of hydrogen-bond acceptors (Lipinski definition) is 5. The third-order valence-corrected chi connectivity index (χ3v) is 3.16. The molecule has 0 spiro atoms. The summed E-state index contributed by atoms with van der Waals surface area (Å²) in [5.41, 5.74) is 3.97. The molecule has 1 amide bonds. The summed E-state index contributed by atoms with van der Waals surface area (Å²) in [7, 11) is 0. The second-order valence-corrected chi connectivity index (χ2v) is 4.64. The van der Waals surface area contributed by atoms with Gasteiger partial charge in [0, 0.05) is 18.4 Å². The van der Waals surface area contributed by atoms with Gasteiger partial charge in [-0.25, -0.2) is 10.2 Å². The van der Waals surface area contributed by atoms with Crippen LogP contribution in [0, 0.1) is 0 Å². The van der Waals surface area contributed by atoms with Crippen LogP contribution in [0.15, 0.2) is 29.4 Å². The zero-order chi connectivity index (χ0) is 15.2. The average Bonchev–Trinajstić information content (AvgIpc) is 2.53. The monoisotopic (exact) mass is 288 g/mol. The maximum Gasteiger partial charge on any atom is 0.354 e. The van der Waals surface area contributed by atoms with Gasteiger partial charge in [-0.05, 0) is 12.0 Å². The van der Waals surface area contributed by atoms with E-state index in [9.17, 15) is 14.4 Å². The Morgan fingerprint density at radius 3 is 2.52 bits per heavy atom. The van der Waals surface area contributed by atoms with Crippen molar-refractivity contribution in [3.05, 3.63) is 35.4 Å². The maximum atomic E-state index is 11.9. The van der Waals surface area contributed by atoms with E-state index < -0.39 is 5.97 Å².